The summed E-state index contributed by atoms with van der Waals surface area (Å²) in [5.74, 6) is 0.881. The Labute approximate surface area is 194 Å². The molecule has 0 saturated carbocycles. The molecule has 2 aromatic carbocycles. The second-order valence-corrected chi connectivity index (χ2v) is 8.71. The highest BCUT2D eigenvalue weighted by molar-refractivity contribution is 8.27. The van der Waals surface area contributed by atoms with E-state index in [1.165, 1.54) is 9.58 Å². The van der Waals surface area contributed by atoms with Gasteiger partial charge in [-0.15, -0.1) is 0 Å². The van der Waals surface area contributed by atoms with E-state index in [-0.39, 0.29) is 17.2 Å². The molecule has 1 aromatic heterocycles. The van der Waals surface area contributed by atoms with Gasteiger partial charge < -0.3 is 9.47 Å². The molecule has 164 valence electrons. The minimum atomic E-state index is -0.351. The maximum absolute atomic E-state index is 13.4. The molecule has 1 amide bonds. The fraction of sp³-hybridized carbons (Fsp3) is 0.174. The summed E-state index contributed by atoms with van der Waals surface area (Å²) in [6.45, 7) is 1.80. The van der Waals surface area contributed by atoms with Crippen molar-refractivity contribution in [2.75, 3.05) is 19.1 Å². The summed E-state index contributed by atoms with van der Waals surface area (Å²) in [7, 11) is 4.91. The molecule has 0 N–H and O–H groups in total. The van der Waals surface area contributed by atoms with Gasteiger partial charge in [0.05, 0.1) is 30.5 Å². The third-order valence-electron chi connectivity index (χ3n) is 5.26. The normalized spacial score (nSPS) is 15.0. The second kappa shape index (κ2) is 8.68. The molecule has 4 rings (SSSR count). The van der Waals surface area contributed by atoms with E-state index in [0.29, 0.717) is 37.7 Å². The first-order valence-corrected chi connectivity index (χ1v) is 10.9. The lowest BCUT2D eigenvalue weighted by molar-refractivity contribution is -0.113. The van der Waals surface area contributed by atoms with Crippen LogP contribution in [0.2, 0.25) is 0 Å². The number of rotatable bonds is 5. The van der Waals surface area contributed by atoms with Crippen molar-refractivity contribution in [3.05, 3.63) is 75.0 Å². The van der Waals surface area contributed by atoms with Crippen molar-refractivity contribution < 1.29 is 14.3 Å². The van der Waals surface area contributed by atoms with E-state index in [9.17, 15) is 9.59 Å². The van der Waals surface area contributed by atoms with Gasteiger partial charge in [0, 0.05) is 12.6 Å². The van der Waals surface area contributed by atoms with Gasteiger partial charge in [-0.2, -0.15) is 0 Å². The summed E-state index contributed by atoms with van der Waals surface area (Å²) in [5, 5.41) is 0. The first kappa shape index (κ1) is 21.9. The van der Waals surface area contributed by atoms with Crippen LogP contribution in [0.25, 0.3) is 11.8 Å². The maximum Gasteiger partial charge on any atom is 0.296 e. The van der Waals surface area contributed by atoms with Gasteiger partial charge in [0.15, 0.2) is 4.32 Å². The van der Waals surface area contributed by atoms with Crippen molar-refractivity contribution in [1.29, 1.82) is 0 Å². The number of benzene rings is 2. The van der Waals surface area contributed by atoms with E-state index in [0.717, 1.165) is 11.8 Å². The average molecular weight is 468 g/mol. The number of hydrogen-bond donors (Lipinski definition) is 0. The number of nitrogens with zero attached hydrogens (tertiary/aromatic N) is 3. The van der Waals surface area contributed by atoms with Crippen LogP contribution in [0.5, 0.6) is 11.5 Å². The van der Waals surface area contributed by atoms with Crippen LogP contribution in [0.4, 0.5) is 5.69 Å². The molecule has 1 fully saturated rings. The lowest BCUT2D eigenvalue weighted by Gasteiger charge is -2.12. The highest BCUT2D eigenvalue weighted by Crippen LogP contribution is 2.38. The molecule has 32 heavy (non-hydrogen) atoms. The minimum Gasteiger partial charge on any atom is -0.497 e. The number of amides is 1. The molecule has 0 atom stereocenters. The number of aromatic nitrogens is 2. The third kappa shape index (κ3) is 3.63. The topological polar surface area (TPSA) is 65.7 Å². The van der Waals surface area contributed by atoms with E-state index >= 15 is 0 Å². The van der Waals surface area contributed by atoms with Crippen molar-refractivity contribution in [1.82, 2.24) is 9.36 Å². The monoisotopic (exact) mass is 467 g/mol. The van der Waals surface area contributed by atoms with Gasteiger partial charge in [-0.05, 0) is 43.3 Å². The highest BCUT2D eigenvalue weighted by Gasteiger charge is 2.37. The lowest BCUT2D eigenvalue weighted by Crippen LogP contribution is -2.33. The Morgan fingerprint density at radius 1 is 1.03 bits per heavy atom. The molecule has 9 heteroatoms. The Bertz CT molecular complexity index is 1310. The number of hydrogen-bond acceptors (Lipinski definition) is 6. The number of thiocarbonyl (C=S) groups is 1. The van der Waals surface area contributed by atoms with E-state index in [4.69, 9.17) is 21.7 Å². The predicted octanol–water partition coefficient (Wildman–Crippen LogP) is 3.91. The Kier molecular flexibility index (Phi) is 5.94. The predicted molar refractivity (Wildman–Crippen MR) is 131 cm³/mol. The van der Waals surface area contributed by atoms with Gasteiger partial charge in [-0.1, -0.05) is 42.2 Å². The fourth-order valence-corrected chi connectivity index (χ4v) is 4.83. The number of anilines is 1. The van der Waals surface area contributed by atoms with E-state index in [2.05, 4.69) is 0 Å². The Hall–Kier alpha value is -3.30. The van der Waals surface area contributed by atoms with Crippen LogP contribution in [0.1, 0.15) is 11.3 Å². The van der Waals surface area contributed by atoms with E-state index < -0.39 is 0 Å². The zero-order chi connectivity index (χ0) is 23.0. The van der Waals surface area contributed by atoms with E-state index in [1.54, 1.807) is 57.1 Å². The van der Waals surface area contributed by atoms with Crippen LogP contribution < -0.4 is 19.9 Å². The van der Waals surface area contributed by atoms with Crippen LogP contribution >= 0.6 is 24.0 Å². The number of thioether (sulfide) groups is 1. The molecule has 0 bridgehead atoms. The van der Waals surface area contributed by atoms with Crippen molar-refractivity contribution in [3.63, 3.8) is 0 Å². The summed E-state index contributed by atoms with van der Waals surface area (Å²) >= 11 is 6.65. The molecule has 3 aromatic rings. The number of carbonyl (C=O) groups is 1. The molecular weight excluding hydrogens is 446 g/mol. The van der Waals surface area contributed by atoms with Gasteiger partial charge in [0.1, 0.15) is 17.2 Å². The van der Waals surface area contributed by atoms with E-state index in [1.807, 2.05) is 30.3 Å². The quantitative estimate of drug-likeness (QED) is 0.419. The van der Waals surface area contributed by atoms with Crippen LogP contribution in [-0.4, -0.2) is 33.8 Å². The molecule has 7 nitrogen and oxygen atoms in total. The first-order chi connectivity index (χ1) is 15.4. The molecule has 1 aliphatic rings. The Morgan fingerprint density at radius 2 is 1.75 bits per heavy atom. The molecule has 1 saturated heterocycles. The summed E-state index contributed by atoms with van der Waals surface area (Å²) < 4.78 is 14.2. The molecule has 0 aliphatic carbocycles. The van der Waals surface area contributed by atoms with Crippen LogP contribution in [0.15, 0.2) is 58.2 Å². The smallest absolute Gasteiger partial charge is 0.296 e. The average Bonchev–Trinajstić information content (AvgIpc) is 3.19. The van der Waals surface area contributed by atoms with Crippen molar-refractivity contribution >= 4 is 46.0 Å². The number of methoxy groups -OCH3 is 2. The van der Waals surface area contributed by atoms with Crippen LogP contribution in [0.3, 0.4) is 0 Å². The highest BCUT2D eigenvalue weighted by atomic mass is 32.2. The standard InChI is InChI=1S/C23H21N3O4S2/c1-14-20(22(28)26(24(14)2)16-8-6-5-7-9-16)25-21(27)19(32-23(25)31)13-15-12-17(29-3)10-11-18(15)30-4/h5-13H,1-4H3/b19-13-. The number of para-hydroxylation sites is 1. The number of carbonyl (C=O) groups excluding carboxylic acids is 1. The molecule has 1 aliphatic heterocycles. The van der Waals surface area contributed by atoms with Crippen molar-refractivity contribution in [2.45, 2.75) is 6.92 Å². The minimum absolute atomic E-state index is 0.250. The summed E-state index contributed by atoms with van der Waals surface area (Å²) in [6.07, 6.45) is 1.70. The van der Waals surface area contributed by atoms with Crippen LogP contribution in [0, 0.1) is 6.92 Å². The summed E-state index contributed by atoms with van der Waals surface area (Å²) in [5.41, 5.74) is 1.96. The third-order valence-corrected chi connectivity index (χ3v) is 6.57. The van der Waals surface area contributed by atoms with Crippen LogP contribution in [-0.2, 0) is 11.8 Å². The maximum atomic E-state index is 13.4. The zero-order valence-electron chi connectivity index (χ0n) is 18.0. The number of ether oxygens (including phenoxy) is 2. The lowest BCUT2D eigenvalue weighted by atomic mass is 10.1. The SMILES string of the molecule is COc1ccc(OC)c(/C=C2\SC(=S)N(c3c(C)n(C)n(-c4ccccc4)c3=O)C2=O)c1. The Morgan fingerprint density at radius 3 is 2.41 bits per heavy atom. The van der Waals surface area contributed by atoms with Crippen molar-refractivity contribution in [3.8, 4) is 17.2 Å². The molecule has 0 spiro atoms. The molecular formula is C23H21N3O4S2. The summed E-state index contributed by atoms with van der Waals surface area (Å²) in [6, 6.07) is 14.6. The fourth-order valence-electron chi connectivity index (χ4n) is 3.57. The Balaban J connectivity index is 1.79. The second-order valence-electron chi connectivity index (χ2n) is 7.04. The zero-order valence-corrected chi connectivity index (χ0v) is 19.6. The first-order valence-electron chi connectivity index (χ1n) is 9.71. The van der Waals surface area contributed by atoms with Gasteiger partial charge >= 0.3 is 0 Å². The van der Waals surface area contributed by atoms with Gasteiger partial charge in [0.2, 0.25) is 0 Å². The summed E-state index contributed by atoms with van der Waals surface area (Å²) in [4.78, 5) is 28.4. The largest absolute Gasteiger partial charge is 0.497 e. The molecule has 0 unspecified atom stereocenters. The van der Waals surface area contributed by atoms with Crippen molar-refractivity contribution in [2.24, 2.45) is 7.05 Å². The van der Waals surface area contributed by atoms with Gasteiger partial charge in [-0.3, -0.25) is 19.2 Å². The molecule has 0 radical (unpaired) electrons. The molecule has 2 heterocycles. The van der Waals surface area contributed by atoms with Gasteiger partial charge in [0.25, 0.3) is 11.5 Å². The van der Waals surface area contributed by atoms with Gasteiger partial charge in [-0.25, -0.2) is 4.68 Å².